The molecule has 19 heavy (non-hydrogen) atoms. The van der Waals surface area contributed by atoms with Gasteiger partial charge in [0.05, 0.1) is 19.3 Å². The summed E-state index contributed by atoms with van der Waals surface area (Å²) in [6.07, 6.45) is -0.423. The third kappa shape index (κ3) is 4.37. The minimum atomic E-state index is -0.614. The van der Waals surface area contributed by atoms with Gasteiger partial charge in [0.2, 0.25) is 0 Å². The number of methoxy groups -OCH3 is 2. The number of benzene rings is 1. The molecule has 3 nitrogen and oxygen atoms in total. The van der Waals surface area contributed by atoms with E-state index in [0.717, 1.165) is 11.3 Å². The minimum Gasteiger partial charge on any atom is -0.496 e. The van der Waals surface area contributed by atoms with Gasteiger partial charge in [-0.15, -0.1) is 0 Å². The van der Waals surface area contributed by atoms with Gasteiger partial charge in [0.25, 0.3) is 0 Å². The molecule has 0 saturated heterocycles. The lowest BCUT2D eigenvalue weighted by Crippen LogP contribution is -2.40. The van der Waals surface area contributed by atoms with Gasteiger partial charge >= 0.3 is 0 Å². The molecule has 4 heteroatoms. The van der Waals surface area contributed by atoms with Crippen LogP contribution in [0.1, 0.15) is 26.3 Å². The van der Waals surface area contributed by atoms with E-state index in [2.05, 4.69) is 0 Å². The van der Waals surface area contributed by atoms with Crippen molar-refractivity contribution in [2.24, 2.45) is 5.41 Å². The van der Waals surface area contributed by atoms with Crippen molar-refractivity contribution in [2.45, 2.75) is 39.4 Å². The highest BCUT2D eigenvalue weighted by Crippen LogP contribution is 2.29. The zero-order valence-electron chi connectivity index (χ0n) is 12.2. The fraction of sp³-hybridized carbons (Fsp3) is 0.600. The average Bonchev–Trinajstić information content (AvgIpc) is 2.28. The molecular formula is C15H23ClO3. The van der Waals surface area contributed by atoms with E-state index in [1.165, 1.54) is 0 Å². The molecule has 1 rings (SSSR count). The fourth-order valence-corrected chi connectivity index (χ4v) is 2.52. The Balaban J connectivity index is 2.92. The second kappa shape index (κ2) is 6.60. The van der Waals surface area contributed by atoms with Gasteiger partial charge in [-0.2, -0.15) is 0 Å². The standard InChI is InChI=1S/C15H23ClO3/c1-15(2,3)14(19-5)12(17)9-10-8-11(16)6-7-13(10)18-4/h6-8,12,14,17H,9H2,1-5H3. The van der Waals surface area contributed by atoms with Crippen LogP contribution in [0.2, 0.25) is 5.02 Å². The quantitative estimate of drug-likeness (QED) is 0.902. The number of aliphatic hydroxyl groups is 1. The molecular weight excluding hydrogens is 264 g/mol. The molecule has 108 valence electrons. The van der Waals surface area contributed by atoms with Crippen molar-refractivity contribution < 1.29 is 14.6 Å². The topological polar surface area (TPSA) is 38.7 Å². The van der Waals surface area contributed by atoms with E-state index in [4.69, 9.17) is 21.1 Å². The highest BCUT2D eigenvalue weighted by Gasteiger charge is 2.31. The molecule has 0 aromatic heterocycles. The lowest BCUT2D eigenvalue weighted by Gasteiger charge is -2.33. The van der Waals surface area contributed by atoms with Crippen LogP contribution >= 0.6 is 11.6 Å². The molecule has 0 fully saturated rings. The predicted octanol–water partition coefficient (Wildman–Crippen LogP) is 3.31. The summed E-state index contributed by atoms with van der Waals surface area (Å²) in [6, 6.07) is 5.40. The molecule has 1 N–H and O–H groups in total. The Labute approximate surface area is 120 Å². The van der Waals surface area contributed by atoms with E-state index in [1.807, 2.05) is 32.9 Å². The van der Waals surface area contributed by atoms with Gasteiger partial charge in [0.1, 0.15) is 5.75 Å². The maximum atomic E-state index is 10.4. The number of aliphatic hydroxyl groups excluding tert-OH is 1. The van der Waals surface area contributed by atoms with Gasteiger partial charge in [0, 0.05) is 18.6 Å². The van der Waals surface area contributed by atoms with E-state index in [0.29, 0.717) is 11.4 Å². The van der Waals surface area contributed by atoms with Crippen LogP contribution in [0, 0.1) is 5.41 Å². The maximum absolute atomic E-state index is 10.4. The monoisotopic (exact) mass is 286 g/mol. The van der Waals surface area contributed by atoms with E-state index in [-0.39, 0.29) is 11.5 Å². The second-order valence-electron chi connectivity index (χ2n) is 5.75. The van der Waals surface area contributed by atoms with Crippen LogP contribution in [0.3, 0.4) is 0 Å². The first kappa shape index (κ1) is 16.3. The third-order valence-electron chi connectivity index (χ3n) is 3.13. The van der Waals surface area contributed by atoms with Gasteiger partial charge in [0.15, 0.2) is 0 Å². The predicted molar refractivity (Wildman–Crippen MR) is 78.0 cm³/mol. The van der Waals surface area contributed by atoms with Crippen LogP contribution in [0.25, 0.3) is 0 Å². The Kier molecular flexibility index (Phi) is 5.65. The molecule has 0 saturated carbocycles. The van der Waals surface area contributed by atoms with Crippen LogP contribution in [0.15, 0.2) is 18.2 Å². The first-order chi connectivity index (χ1) is 8.79. The van der Waals surface area contributed by atoms with Gasteiger partial charge in [-0.05, 0) is 29.2 Å². The summed E-state index contributed by atoms with van der Waals surface area (Å²) >= 11 is 5.99. The summed E-state index contributed by atoms with van der Waals surface area (Å²) in [7, 11) is 3.23. The molecule has 0 heterocycles. The summed E-state index contributed by atoms with van der Waals surface area (Å²) < 4.78 is 10.7. The summed E-state index contributed by atoms with van der Waals surface area (Å²) in [5, 5.41) is 11.0. The molecule has 0 bridgehead atoms. The van der Waals surface area contributed by atoms with Crippen LogP contribution in [-0.4, -0.2) is 31.5 Å². The second-order valence-corrected chi connectivity index (χ2v) is 6.19. The minimum absolute atomic E-state index is 0.139. The molecule has 0 amide bonds. The fourth-order valence-electron chi connectivity index (χ4n) is 2.33. The molecule has 1 aromatic rings. The van der Waals surface area contributed by atoms with Crippen molar-refractivity contribution in [3.8, 4) is 5.75 Å². The smallest absolute Gasteiger partial charge is 0.122 e. The first-order valence-corrected chi connectivity index (χ1v) is 6.70. The Morgan fingerprint density at radius 2 is 1.89 bits per heavy atom. The average molecular weight is 287 g/mol. The first-order valence-electron chi connectivity index (χ1n) is 6.33. The van der Waals surface area contributed by atoms with E-state index in [9.17, 15) is 5.11 Å². The summed E-state index contributed by atoms with van der Waals surface area (Å²) in [5.41, 5.74) is 0.744. The van der Waals surface area contributed by atoms with Crippen LogP contribution in [-0.2, 0) is 11.2 Å². The number of halogens is 1. The van der Waals surface area contributed by atoms with E-state index >= 15 is 0 Å². The van der Waals surface area contributed by atoms with Crippen molar-refractivity contribution in [1.82, 2.24) is 0 Å². The molecule has 0 aliphatic heterocycles. The third-order valence-corrected chi connectivity index (χ3v) is 3.36. The molecule has 0 spiro atoms. The van der Waals surface area contributed by atoms with Crippen LogP contribution < -0.4 is 4.74 Å². The Morgan fingerprint density at radius 1 is 1.26 bits per heavy atom. The molecule has 2 atom stereocenters. The Hall–Kier alpha value is -0.770. The number of ether oxygens (including phenoxy) is 2. The number of rotatable bonds is 5. The van der Waals surface area contributed by atoms with Crippen molar-refractivity contribution in [2.75, 3.05) is 14.2 Å². The summed E-state index contributed by atoms with van der Waals surface area (Å²) in [5.74, 6) is 0.729. The largest absolute Gasteiger partial charge is 0.496 e. The van der Waals surface area contributed by atoms with E-state index in [1.54, 1.807) is 20.3 Å². The van der Waals surface area contributed by atoms with Crippen molar-refractivity contribution >= 4 is 11.6 Å². The lowest BCUT2D eigenvalue weighted by atomic mass is 9.83. The van der Waals surface area contributed by atoms with E-state index < -0.39 is 6.10 Å². The molecule has 0 aliphatic carbocycles. The van der Waals surface area contributed by atoms with Gasteiger partial charge < -0.3 is 14.6 Å². The Morgan fingerprint density at radius 3 is 2.37 bits per heavy atom. The summed E-state index contributed by atoms with van der Waals surface area (Å²) in [4.78, 5) is 0. The molecule has 1 aromatic carbocycles. The zero-order valence-corrected chi connectivity index (χ0v) is 13.0. The molecule has 0 radical (unpaired) electrons. The van der Waals surface area contributed by atoms with Crippen LogP contribution in [0.5, 0.6) is 5.75 Å². The highest BCUT2D eigenvalue weighted by atomic mass is 35.5. The lowest BCUT2D eigenvalue weighted by molar-refractivity contribution is -0.0700. The van der Waals surface area contributed by atoms with Crippen LogP contribution in [0.4, 0.5) is 0 Å². The highest BCUT2D eigenvalue weighted by molar-refractivity contribution is 6.30. The molecule has 2 unspecified atom stereocenters. The van der Waals surface area contributed by atoms with Crippen molar-refractivity contribution in [3.63, 3.8) is 0 Å². The number of hydrogen-bond acceptors (Lipinski definition) is 3. The molecule has 0 aliphatic rings. The normalized spacial score (nSPS) is 15.1. The van der Waals surface area contributed by atoms with Crippen molar-refractivity contribution in [1.29, 1.82) is 0 Å². The Bertz CT molecular complexity index is 412. The van der Waals surface area contributed by atoms with Gasteiger partial charge in [-0.3, -0.25) is 0 Å². The van der Waals surface area contributed by atoms with Gasteiger partial charge in [-0.25, -0.2) is 0 Å². The SMILES string of the molecule is COc1ccc(Cl)cc1CC(O)C(OC)C(C)(C)C. The maximum Gasteiger partial charge on any atom is 0.122 e. The van der Waals surface area contributed by atoms with Gasteiger partial charge in [-0.1, -0.05) is 32.4 Å². The zero-order chi connectivity index (χ0) is 14.6. The van der Waals surface area contributed by atoms with Crippen molar-refractivity contribution in [3.05, 3.63) is 28.8 Å². The number of hydrogen-bond donors (Lipinski definition) is 1. The summed E-state index contributed by atoms with van der Waals surface area (Å²) in [6.45, 7) is 6.12.